The van der Waals surface area contributed by atoms with Crippen LogP contribution in [0.2, 0.25) is 0 Å². The number of hydrogen-bond donors (Lipinski definition) is 1. The smallest absolute Gasteiger partial charge is 0.141 e. The first-order chi connectivity index (χ1) is 6.41. The molecule has 1 N–H and O–H groups in total. The lowest BCUT2D eigenvalue weighted by molar-refractivity contribution is -0.132. The number of fused-ring (bicyclic) bond motifs is 2. The Balaban J connectivity index is 2.17. The number of hydrogen-bond acceptors (Lipinski definition) is 2. The van der Waals surface area contributed by atoms with Crippen LogP contribution in [-0.4, -0.2) is 17.0 Å². The minimum absolute atomic E-state index is 0.157. The Kier molecular flexibility index (Phi) is 2.22. The van der Waals surface area contributed by atoms with Crippen LogP contribution in [0.5, 0.6) is 0 Å². The summed E-state index contributed by atoms with van der Waals surface area (Å²) >= 11 is 0. The molecule has 0 radical (unpaired) electrons. The van der Waals surface area contributed by atoms with Crippen LogP contribution in [0.4, 0.5) is 0 Å². The Morgan fingerprint density at radius 3 is 2.29 bits per heavy atom. The van der Waals surface area contributed by atoms with Crippen LogP contribution in [0.25, 0.3) is 0 Å². The van der Waals surface area contributed by atoms with E-state index in [0.717, 1.165) is 19.3 Å². The molecule has 2 nitrogen and oxygen atoms in total. The molecule has 2 bridgehead atoms. The van der Waals surface area contributed by atoms with Crippen LogP contribution >= 0.6 is 0 Å². The summed E-state index contributed by atoms with van der Waals surface area (Å²) in [6, 6.07) is 0. The molecule has 2 heteroatoms. The van der Waals surface area contributed by atoms with Gasteiger partial charge in [-0.15, -0.1) is 0 Å². The lowest BCUT2D eigenvalue weighted by Crippen LogP contribution is -2.32. The maximum atomic E-state index is 12.2. The summed E-state index contributed by atoms with van der Waals surface area (Å²) in [5.74, 6) is 1.26. The van der Waals surface area contributed by atoms with Gasteiger partial charge in [0.1, 0.15) is 5.78 Å². The largest absolute Gasteiger partial charge is 0.393 e. The van der Waals surface area contributed by atoms with Crippen molar-refractivity contribution in [3.8, 4) is 0 Å². The molecule has 14 heavy (non-hydrogen) atoms. The molecule has 2 fully saturated rings. The molecule has 2 aliphatic carbocycles. The standard InChI is InChI=1S/C12H20O2/c1-12(2,3)11(14)10-7-4-5-8(10)9(13)6-7/h7-10,13H,4-6H2,1-3H3/t7-,8+,9-,10?/m0/s1. The van der Waals surface area contributed by atoms with Crippen molar-refractivity contribution in [1.82, 2.24) is 0 Å². The molecule has 4 atom stereocenters. The van der Waals surface area contributed by atoms with E-state index in [1.54, 1.807) is 0 Å². The predicted octanol–water partition coefficient (Wildman–Crippen LogP) is 2.01. The SMILES string of the molecule is CC(C)(C)C(=O)C1[C@H]2CC[C@@H]1[C@@H](O)C2. The molecule has 1 unspecified atom stereocenters. The second kappa shape index (κ2) is 3.06. The number of rotatable bonds is 1. The van der Waals surface area contributed by atoms with Crippen molar-refractivity contribution in [2.75, 3.05) is 0 Å². The molecule has 0 aromatic heterocycles. The van der Waals surface area contributed by atoms with Crippen molar-refractivity contribution in [3.63, 3.8) is 0 Å². The average Bonchev–Trinajstić information content (AvgIpc) is 2.56. The molecule has 0 aliphatic heterocycles. The summed E-state index contributed by atoms with van der Waals surface area (Å²) in [5, 5.41) is 9.75. The van der Waals surface area contributed by atoms with Crippen LogP contribution < -0.4 is 0 Å². The van der Waals surface area contributed by atoms with Gasteiger partial charge < -0.3 is 5.11 Å². The molecule has 2 saturated carbocycles. The summed E-state index contributed by atoms with van der Waals surface area (Å²) < 4.78 is 0. The van der Waals surface area contributed by atoms with Gasteiger partial charge in [0.05, 0.1) is 6.10 Å². The molecule has 0 aromatic carbocycles. The monoisotopic (exact) mass is 196 g/mol. The van der Waals surface area contributed by atoms with Crippen LogP contribution in [-0.2, 0) is 4.79 Å². The highest BCUT2D eigenvalue weighted by molar-refractivity contribution is 5.87. The van der Waals surface area contributed by atoms with Crippen molar-refractivity contribution in [3.05, 3.63) is 0 Å². The lowest BCUT2D eigenvalue weighted by Gasteiger charge is -2.24. The average molecular weight is 196 g/mol. The first kappa shape index (κ1) is 10.2. The zero-order valence-electron chi connectivity index (χ0n) is 9.29. The van der Waals surface area contributed by atoms with E-state index >= 15 is 0 Å². The molecular formula is C12H20O2. The third-order valence-corrected chi connectivity index (χ3v) is 3.92. The second-order valence-electron chi connectivity index (χ2n) is 5.94. The van der Waals surface area contributed by atoms with Gasteiger partial charge in [-0.25, -0.2) is 0 Å². The van der Waals surface area contributed by atoms with Crippen LogP contribution in [0, 0.1) is 23.2 Å². The Hall–Kier alpha value is -0.370. The van der Waals surface area contributed by atoms with Gasteiger partial charge in [0.25, 0.3) is 0 Å². The summed E-state index contributed by atoms with van der Waals surface area (Å²) in [6.07, 6.45) is 2.86. The molecule has 0 spiro atoms. The van der Waals surface area contributed by atoms with Crippen molar-refractivity contribution in [2.24, 2.45) is 23.2 Å². The molecule has 0 amide bonds. The van der Waals surface area contributed by atoms with Gasteiger partial charge in [-0.05, 0) is 31.1 Å². The number of aliphatic hydroxyl groups excluding tert-OH is 1. The maximum absolute atomic E-state index is 12.2. The van der Waals surface area contributed by atoms with Crippen LogP contribution in [0.3, 0.4) is 0 Å². The van der Waals surface area contributed by atoms with Gasteiger partial charge in [-0.3, -0.25) is 4.79 Å². The van der Waals surface area contributed by atoms with Gasteiger partial charge in [0, 0.05) is 11.3 Å². The molecule has 0 saturated heterocycles. The van der Waals surface area contributed by atoms with Crippen molar-refractivity contribution >= 4 is 5.78 Å². The van der Waals surface area contributed by atoms with Crippen molar-refractivity contribution < 1.29 is 9.90 Å². The summed E-state index contributed by atoms with van der Waals surface area (Å²) in [6.45, 7) is 5.96. The molecule has 0 aromatic rings. The van der Waals surface area contributed by atoms with Gasteiger partial charge >= 0.3 is 0 Å². The van der Waals surface area contributed by atoms with Crippen LogP contribution in [0.15, 0.2) is 0 Å². The fourth-order valence-electron chi connectivity index (χ4n) is 3.20. The zero-order chi connectivity index (χ0) is 10.5. The minimum atomic E-state index is -0.241. The fourth-order valence-corrected chi connectivity index (χ4v) is 3.20. The van der Waals surface area contributed by atoms with E-state index in [1.807, 2.05) is 20.8 Å². The maximum Gasteiger partial charge on any atom is 0.141 e. The fraction of sp³-hybridized carbons (Fsp3) is 0.917. The van der Waals surface area contributed by atoms with E-state index in [2.05, 4.69) is 0 Å². The van der Waals surface area contributed by atoms with E-state index in [-0.39, 0.29) is 23.4 Å². The molecule has 2 rings (SSSR count). The Labute approximate surface area is 85.7 Å². The van der Waals surface area contributed by atoms with E-state index in [4.69, 9.17) is 0 Å². The van der Waals surface area contributed by atoms with Crippen LogP contribution in [0.1, 0.15) is 40.0 Å². The minimum Gasteiger partial charge on any atom is -0.393 e. The predicted molar refractivity (Wildman–Crippen MR) is 54.8 cm³/mol. The normalized spacial score (nSPS) is 41.7. The Morgan fingerprint density at radius 2 is 1.93 bits per heavy atom. The highest BCUT2D eigenvalue weighted by atomic mass is 16.3. The van der Waals surface area contributed by atoms with E-state index in [1.165, 1.54) is 0 Å². The summed E-state index contributed by atoms with van der Waals surface area (Å²) in [4.78, 5) is 12.2. The first-order valence-electron chi connectivity index (χ1n) is 5.63. The highest BCUT2D eigenvalue weighted by Crippen LogP contribution is 2.51. The first-order valence-corrected chi connectivity index (χ1v) is 5.63. The van der Waals surface area contributed by atoms with E-state index in [0.29, 0.717) is 11.7 Å². The second-order valence-corrected chi connectivity index (χ2v) is 5.94. The number of aliphatic hydroxyl groups is 1. The zero-order valence-corrected chi connectivity index (χ0v) is 9.29. The third kappa shape index (κ3) is 1.40. The van der Waals surface area contributed by atoms with Gasteiger partial charge in [0.15, 0.2) is 0 Å². The number of Topliss-reactive ketones (excluding diaryl/α,β-unsaturated/α-hetero) is 1. The van der Waals surface area contributed by atoms with Crippen molar-refractivity contribution in [2.45, 2.75) is 46.1 Å². The Morgan fingerprint density at radius 1 is 1.29 bits per heavy atom. The highest BCUT2D eigenvalue weighted by Gasteiger charge is 2.52. The summed E-state index contributed by atoms with van der Waals surface area (Å²) in [5.41, 5.74) is -0.241. The molecular weight excluding hydrogens is 176 g/mol. The number of ketones is 1. The molecule has 80 valence electrons. The van der Waals surface area contributed by atoms with Gasteiger partial charge in [-0.2, -0.15) is 0 Å². The molecule has 2 aliphatic rings. The topological polar surface area (TPSA) is 37.3 Å². The van der Waals surface area contributed by atoms with E-state index < -0.39 is 0 Å². The number of carbonyl (C=O) groups excluding carboxylic acids is 1. The van der Waals surface area contributed by atoms with Gasteiger partial charge in [-0.1, -0.05) is 20.8 Å². The van der Waals surface area contributed by atoms with Crippen molar-refractivity contribution in [1.29, 1.82) is 0 Å². The Bertz CT molecular complexity index is 252. The molecule has 0 heterocycles. The lowest BCUT2D eigenvalue weighted by atomic mass is 9.78. The third-order valence-electron chi connectivity index (χ3n) is 3.92. The summed E-state index contributed by atoms with van der Waals surface area (Å²) in [7, 11) is 0. The van der Waals surface area contributed by atoms with Gasteiger partial charge in [0.2, 0.25) is 0 Å². The van der Waals surface area contributed by atoms with E-state index in [9.17, 15) is 9.90 Å². The quantitative estimate of drug-likeness (QED) is 0.696. The number of carbonyl (C=O) groups is 1.